The van der Waals surface area contributed by atoms with Crippen molar-refractivity contribution < 1.29 is 4.79 Å². The van der Waals surface area contributed by atoms with Crippen molar-refractivity contribution in [3.05, 3.63) is 28.7 Å². The lowest BCUT2D eigenvalue weighted by atomic mass is 9.81. The second kappa shape index (κ2) is 8.69. The number of carbonyl (C=O) groups is 1. The molecular weight excluding hydrogens is 366 g/mol. The predicted octanol–water partition coefficient (Wildman–Crippen LogP) is 3.36. The second-order valence-electron chi connectivity index (χ2n) is 6.58. The van der Waals surface area contributed by atoms with Gasteiger partial charge in [-0.1, -0.05) is 37.1 Å². The minimum absolute atomic E-state index is 0.0220. The maximum Gasteiger partial charge on any atom is 0.234 e. The summed E-state index contributed by atoms with van der Waals surface area (Å²) in [5.41, 5.74) is -0.636. The Morgan fingerprint density at radius 3 is 2.96 bits per heavy atom. The first kappa shape index (κ1) is 18.9. The Morgan fingerprint density at radius 1 is 1.46 bits per heavy atom. The molecule has 0 radical (unpaired) electrons. The molecule has 1 aliphatic carbocycles. The van der Waals surface area contributed by atoms with Gasteiger partial charge in [0.15, 0.2) is 5.16 Å². The van der Waals surface area contributed by atoms with Crippen LogP contribution in [0, 0.1) is 11.3 Å². The highest BCUT2D eigenvalue weighted by Crippen LogP contribution is 2.33. The van der Waals surface area contributed by atoms with Gasteiger partial charge >= 0.3 is 0 Å². The fraction of sp³-hybridized carbons (Fsp3) is 0.556. The number of hydrogen-bond acceptors (Lipinski definition) is 6. The third kappa shape index (κ3) is 4.27. The molecule has 0 N–H and O–H groups in total. The third-order valence-corrected chi connectivity index (χ3v) is 6.89. The summed E-state index contributed by atoms with van der Waals surface area (Å²) in [6.07, 6.45) is 7.34. The molecule has 8 heteroatoms. The van der Waals surface area contributed by atoms with E-state index in [0.29, 0.717) is 0 Å². The minimum Gasteiger partial charge on any atom is -0.326 e. The van der Waals surface area contributed by atoms with Crippen molar-refractivity contribution in [1.29, 1.82) is 5.26 Å². The Labute approximate surface area is 162 Å². The predicted molar refractivity (Wildman–Crippen MR) is 103 cm³/mol. The number of amides is 1. The van der Waals surface area contributed by atoms with E-state index in [1.54, 1.807) is 29.6 Å². The standard InChI is InChI=1S/C18H23N5OS2/c1-22(18(13-19)8-3-2-4-9-18)16(24)12-26-17-21-20-14-23(17)10-7-15-6-5-11-25-15/h5-6,11,14H,2-4,7-10,12H2,1H3. The van der Waals surface area contributed by atoms with Crippen molar-refractivity contribution in [1.82, 2.24) is 19.7 Å². The zero-order chi connectivity index (χ0) is 18.4. The summed E-state index contributed by atoms with van der Waals surface area (Å²) in [5.74, 6) is 0.253. The van der Waals surface area contributed by atoms with Gasteiger partial charge in [-0.15, -0.1) is 21.5 Å². The number of thiophene rings is 1. The van der Waals surface area contributed by atoms with E-state index in [2.05, 4.69) is 27.7 Å². The van der Waals surface area contributed by atoms with Crippen LogP contribution in [0.4, 0.5) is 0 Å². The van der Waals surface area contributed by atoms with E-state index >= 15 is 0 Å². The summed E-state index contributed by atoms with van der Waals surface area (Å²) in [6.45, 7) is 0.794. The van der Waals surface area contributed by atoms with Gasteiger partial charge < -0.3 is 9.47 Å². The summed E-state index contributed by atoms with van der Waals surface area (Å²) in [5, 5.41) is 20.6. The molecule has 26 heavy (non-hydrogen) atoms. The van der Waals surface area contributed by atoms with Crippen LogP contribution in [0.3, 0.4) is 0 Å². The van der Waals surface area contributed by atoms with Gasteiger partial charge in [-0.05, 0) is 30.7 Å². The van der Waals surface area contributed by atoms with Crippen LogP contribution in [0.25, 0.3) is 0 Å². The molecule has 2 aromatic rings. The lowest BCUT2D eigenvalue weighted by Crippen LogP contribution is -2.50. The van der Waals surface area contributed by atoms with E-state index in [1.807, 2.05) is 10.6 Å². The molecular formula is C18H23N5OS2. The number of aryl methyl sites for hydroxylation is 2. The number of nitrogens with zero attached hydrogens (tertiary/aromatic N) is 5. The van der Waals surface area contributed by atoms with Gasteiger partial charge in [0.1, 0.15) is 11.9 Å². The zero-order valence-corrected chi connectivity index (χ0v) is 16.6. The zero-order valence-electron chi connectivity index (χ0n) is 14.9. The summed E-state index contributed by atoms with van der Waals surface area (Å²) in [6, 6.07) is 6.57. The Balaban J connectivity index is 1.56. The molecule has 2 aromatic heterocycles. The first-order chi connectivity index (χ1) is 12.6. The Bertz CT molecular complexity index is 759. The van der Waals surface area contributed by atoms with Gasteiger partial charge in [0.25, 0.3) is 0 Å². The van der Waals surface area contributed by atoms with Crippen molar-refractivity contribution >= 4 is 29.0 Å². The second-order valence-corrected chi connectivity index (χ2v) is 8.56. The first-order valence-corrected chi connectivity index (χ1v) is 10.7. The number of aromatic nitrogens is 3. The van der Waals surface area contributed by atoms with Crippen LogP contribution in [0.1, 0.15) is 37.0 Å². The number of rotatable bonds is 7. The van der Waals surface area contributed by atoms with Crippen LogP contribution in [-0.4, -0.2) is 43.9 Å². The molecule has 2 heterocycles. The fourth-order valence-corrected chi connectivity index (χ4v) is 4.87. The van der Waals surface area contributed by atoms with E-state index in [4.69, 9.17) is 0 Å². The average molecular weight is 390 g/mol. The van der Waals surface area contributed by atoms with Gasteiger partial charge in [0.05, 0.1) is 11.8 Å². The highest BCUT2D eigenvalue weighted by Gasteiger charge is 2.38. The molecule has 0 atom stereocenters. The van der Waals surface area contributed by atoms with Gasteiger partial charge in [0, 0.05) is 18.5 Å². The number of carbonyl (C=O) groups excluding carboxylic acids is 1. The molecule has 6 nitrogen and oxygen atoms in total. The molecule has 138 valence electrons. The van der Waals surface area contributed by atoms with E-state index < -0.39 is 5.54 Å². The molecule has 0 aliphatic heterocycles. The fourth-order valence-electron chi connectivity index (χ4n) is 3.32. The third-order valence-electron chi connectivity index (χ3n) is 4.99. The minimum atomic E-state index is -0.636. The molecule has 0 aromatic carbocycles. The van der Waals surface area contributed by atoms with Crippen LogP contribution in [0.5, 0.6) is 0 Å². The number of nitriles is 1. The summed E-state index contributed by atoms with van der Waals surface area (Å²) < 4.78 is 1.98. The van der Waals surface area contributed by atoms with Gasteiger partial charge in [0.2, 0.25) is 5.91 Å². The van der Waals surface area contributed by atoms with Crippen molar-refractivity contribution in [2.45, 2.75) is 55.8 Å². The van der Waals surface area contributed by atoms with Gasteiger partial charge in [-0.25, -0.2) is 0 Å². The van der Waals surface area contributed by atoms with E-state index in [0.717, 1.165) is 50.2 Å². The van der Waals surface area contributed by atoms with Crippen LogP contribution in [-0.2, 0) is 17.8 Å². The summed E-state index contributed by atoms with van der Waals surface area (Å²) in [4.78, 5) is 15.6. The topological polar surface area (TPSA) is 74.8 Å². The van der Waals surface area contributed by atoms with Gasteiger partial charge in [-0.3, -0.25) is 4.79 Å². The Morgan fingerprint density at radius 2 is 2.27 bits per heavy atom. The first-order valence-electron chi connectivity index (χ1n) is 8.85. The molecule has 0 unspecified atom stereocenters. The number of thioether (sulfide) groups is 1. The normalized spacial score (nSPS) is 16.2. The molecule has 1 aliphatic rings. The lowest BCUT2D eigenvalue weighted by Gasteiger charge is -2.39. The number of hydrogen-bond donors (Lipinski definition) is 0. The van der Waals surface area contributed by atoms with Crippen LogP contribution >= 0.6 is 23.1 Å². The molecule has 1 saturated carbocycles. The quantitative estimate of drug-likeness (QED) is 0.679. The van der Waals surface area contributed by atoms with Crippen LogP contribution < -0.4 is 0 Å². The Kier molecular flexibility index (Phi) is 6.33. The average Bonchev–Trinajstić information content (AvgIpc) is 3.35. The van der Waals surface area contributed by atoms with Crippen molar-refractivity contribution in [2.75, 3.05) is 12.8 Å². The molecule has 0 saturated heterocycles. The van der Waals surface area contributed by atoms with Crippen LogP contribution in [0.2, 0.25) is 0 Å². The molecule has 1 amide bonds. The summed E-state index contributed by atoms with van der Waals surface area (Å²) in [7, 11) is 1.76. The highest BCUT2D eigenvalue weighted by atomic mass is 32.2. The van der Waals surface area contributed by atoms with E-state index in [-0.39, 0.29) is 11.7 Å². The van der Waals surface area contributed by atoms with Crippen molar-refractivity contribution in [3.63, 3.8) is 0 Å². The van der Waals surface area contributed by atoms with Crippen LogP contribution in [0.15, 0.2) is 29.0 Å². The van der Waals surface area contributed by atoms with E-state index in [9.17, 15) is 10.1 Å². The molecule has 3 rings (SSSR count). The smallest absolute Gasteiger partial charge is 0.234 e. The van der Waals surface area contributed by atoms with Crippen molar-refractivity contribution in [3.8, 4) is 6.07 Å². The van der Waals surface area contributed by atoms with Gasteiger partial charge in [-0.2, -0.15) is 5.26 Å². The summed E-state index contributed by atoms with van der Waals surface area (Å²) >= 11 is 3.13. The van der Waals surface area contributed by atoms with Crippen molar-refractivity contribution in [2.24, 2.45) is 0 Å². The maximum absolute atomic E-state index is 12.7. The maximum atomic E-state index is 12.7. The lowest BCUT2D eigenvalue weighted by molar-refractivity contribution is -0.131. The van der Waals surface area contributed by atoms with E-state index in [1.165, 1.54) is 16.6 Å². The Hall–Kier alpha value is -1.85. The molecule has 0 spiro atoms. The highest BCUT2D eigenvalue weighted by molar-refractivity contribution is 7.99. The molecule has 0 bridgehead atoms. The SMILES string of the molecule is CN(C(=O)CSc1nncn1CCc1cccs1)C1(C#N)CCCCC1. The molecule has 1 fully saturated rings. The monoisotopic (exact) mass is 389 g/mol. The largest absolute Gasteiger partial charge is 0.326 e.